The summed E-state index contributed by atoms with van der Waals surface area (Å²) in [6, 6.07) is 7.97. The molecule has 0 heterocycles. The van der Waals surface area contributed by atoms with Gasteiger partial charge in [-0.05, 0) is 30.4 Å². The summed E-state index contributed by atoms with van der Waals surface area (Å²) in [5.74, 6) is 0.749. The molecule has 2 rings (SSSR count). The normalized spacial score (nSPS) is 16.1. The predicted octanol–water partition coefficient (Wildman–Crippen LogP) is 2.78. The maximum absolute atomic E-state index is 11.6. The Balaban J connectivity index is 2.14. The van der Waals surface area contributed by atoms with Crippen molar-refractivity contribution in [1.29, 1.82) is 0 Å². The van der Waals surface area contributed by atoms with E-state index in [9.17, 15) is 4.79 Å². The van der Waals surface area contributed by atoms with Gasteiger partial charge < -0.3 is 4.74 Å². The lowest BCUT2D eigenvalue weighted by Crippen LogP contribution is -2.11. The fourth-order valence-corrected chi connectivity index (χ4v) is 1.92. The molecule has 1 fully saturated rings. The van der Waals surface area contributed by atoms with Crippen LogP contribution in [-0.2, 0) is 4.74 Å². The maximum Gasteiger partial charge on any atom is 0.188 e. The molecule has 0 N–H and O–H groups in total. The minimum Gasteiger partial charge on any atom is -0.377 e. The average Bonchev–Trinajstić information content (AvgIpc) is 2.16. The van der Waals surface area contributed by atoms with E-state index in [0.29, 0.717) is 5.92 Å². The van der Waals surface area contributed by atoms with Crippen molar-refractivity contribution >= 4 is 5.78 Å². The van der Waals surface area contributed by atoms with Crippen LogP contribution in [-0.4, -0.2) is 19.5 Å². The van der Waals surface area contributed by atoms with Gasteiger partial charge in [-0.2, -0.15) is 0 Å². The van der Waals surface area contributed by atoms with Crippen LogP contribution >= 0.6 is 0 Å². The van der Waals surface area contributed by atoms with Crippen molar-refractivity contribution < 1.29 is 9.53 Å². The highest BCUT2D eigenvalue weighted by Gasteiger charge is 2.20. The molecule has 0 spiro atoms. The monoisotopic (exact) mass is 204 g/mol. The van der Waals surface area contributed by atoms with E-state index in [0.717, 1.165) is 5.56 Å². The van der Waals surface area contributed by atoms with Crippen molar-refractivity contribution in [2.24, 2.45) is 0 Å². The molecular formula is C13H16O2. The highest BCUT2D eigenvalue weighted by Crippen LogP contribution is 2.36. The van der Waals surface area contributed by atoms with E-state index in [4.69, 9.17) is 4.74 Å². The van der Waals surface area contributed by atoms with Gasteiger partial charge in [-0.15, -0.1) is 0 Å². The van der Waals surface area contributed by atoms with Crippen LogP contribution < -0.4 is 0 Å². The molecule has 1 aromatic carbocycles. The second-order valence-electron chi connectivity index (χ2n) is 4.11. The van der Waals surface area contributed by atoms with E-state index in [1.165, 1.54) is 24.8 Å². The average molecular weight is 204 g/mol. The summed E-state index contributed by atoms with van der Waals surface area (Å²) in [5.41, 5.74) is 2.09. The van der Waals surface area contributed by atoms with Crippen molar-refractivity contribution in [2.75, 3.05) is 13.7 Å². The van der Waals surface area contributed by atoms with Gasteiger partial charge in [0.1, 0.15) is 6.61 Å². The lowest BCUT2D eigenvalue weighted by atomic mass is 9.79. The molecule has 0 bridgehead atoms. The summed E-state index contributed by atoms with van der Waals surface area (Å²) < 4.78 is 4.85. The fraction of sp³-hybridized carbons (Fsp3) is 0.462. The Hall–Kier alpha value is -1.15. The number of rotatable bonds is 4. The largest absolute Gasteiger partial charge is 0.377 e. The number of ether oxygens (including phenoxy) is 1. The zero-order valence-corrected chi connectivity index (χ0v) is 9.03. The third kappa shape index (κ3) is 2.26. The Morgan fingerprint density at radius 3 is 2.87 bits per heavy atom. The molecule has 0 amide bonds. The number of hydrogen-bond donors (Lipinski definition) is 0. The molecule has 1 aliphatic carbocycles. The first-order valence-electron chi connectivity index (χ1n) is 5.43. The number of hydrogen-bond acceptors (Lipinski definition) is 2. The van der Waals surface area contributed by atoms with Crippen molar-refractivity contribution in [3.63, 3.8) is 0 Å². The van der Waals surface area contributed by atoms with Gasteiger partial charge in [-0.25, -0.2) is 0 Å². The van der Waals surface area contributed by atoms with Gasteiger partial charge in [-0.1, -0.05) is 24.6 Å². The Morgan fingerprint density at radius 2 is 2.27 bits per heavy atom. The van der Waals surface area contributed by atoms with Crippen molar-refractivity contribution in [1.82, 2.24) is 0 Å². The molecule has 0 saturated heterocycles. The number of methoxy groups -OCH3 is 1. The van der Waals surface area contributed by atoms with Crippen LogP contribution in [0, 0.1) is 0 Å². The molecule has 80 valence electrons. The van der Waals surface area contributed by atoms with Crippen LogP contribution in [0.15, 0.2) is 24.3 Å². The standard InChI is InChI=1S/C13H16O2/c1-15-9-13(14)12-7-3-6-11(8-12)10-4-2-5-10/h3,6-8,10H,2,4-5,9H2,1H3. The van der Waals surface area contributed by atoms with E-state index >= 15 is 0 Å². The summed E-state index contributed by atoms with van der Waals surface area (Å²) in [5, 5.41) is 0. The summed E-state index contributed by atoms with van der Waals surface area (Å²) >= 11 is 0. The van der Waals surface area contributed by atoms with Gasteiger partial charge in [0.2, 0.25) is 0 Å². The topological polar surface area (TPSA) is 26.3 Å². The minimum atomic E-state index is 0.0682. The first kappa shape index (κ1) is 10.4. The van der Waals surface area contributed by atoms with Crippen LogP contribution in [0.2, 0.25) is 0 Å². The molecular weight excluding hydrogens is 188 g/mol. The lowest BCUT2D eigenvalue weighted by Gasteiger charge is -2.26. The molecule has 0 atom stereocenters. The number of benzene rings is 1. The molecule has 2 nitrogen and oxygen atoms in total. The van der Waals surface area contributed by atoms with Gasteiger partial charge in [-0.3, -0.25) is 4.79 Å². The second-order valence-corrected chi connectivity index (χ2v) is 4.11. The lowest BCUT2D eigenvalue weighted by molar-refractivity contribution is 0.0848. The van der Waals surface area contributed by atoms with E-state index in [1.54, 1.807) is 7.11 Å². The smallest absolute Gasteiger partial charge is 0.188 e. The second kappa shape index (κ2) is 4.58. The van der Waals surface area contributed by atoms with E-state index < -0.39 is 0 Å². The van der Waals surface area contributed by atoms with E-state index in [1.807, 2.05) is 18.2 Å². The van der Waals surface area contributed by atoms with E-state index in [-0.39, 0.29) is 12.4 Å². The number of carbonyl (C=O) groups is 1. The minimum absolute atomic E-state index is 0.0682. The molecule has 0 radical (unpaired) electrons. The highest BCUT2D eigenvalue weighted by atomic mass is 16.5. The summed E-state index contributed by atoms with van der Waals surface area (Å²) in [7, 11) is 1.55. The maximum atomic E-state index is 11.6. The van der Waals surface area contributed by atoms with Crippen LogP contribution in [0.25, 0.3) is 0 Å². The molecule has 2 heteroatoms. The Labute approximate surface area is 90.3 Å². The van der Waals surface area contributed by atoms with Gasteiger partial charge in [0.15, 0.2) is 5.78 Å². The van der Waals surface area contributed by atoms with Crippen LogP contribution in [0.1, 0.15) is 41.1 Å². The summed E-state index contributed by atoms with van der Waals surface area (Å²) in [6.07, 6.45) is 3.85. The third-order valence-corrected chi connectivity index (χ3v) is 3.06. The molecule has 1 aliphatic rings. The van der Waals surface area contributed by atoms with Gasteiger partial charge in [0, 0.05) is 12.7 Å². The number of ketones is 1. The Bertz CT molecular complexity index is 353. The SMILES string of the molecule is COCC(=O)c1cccc(C2CCC2)c1. The van der Waals surface area contributed by atoms with Gasteiger partial charge in [0.05, 0.1) is 0 Å². The van der Waals surface area contributed by atoms with Crippen LogP contribution in [0.4, 0.5) is 0 Å². The summed E-state index contributed by atoms with van der Waals surface area (Å²) in [6.45, 7) is 0.175. The fourth-order valence-electron chi connectivity index (χ4n) is 1.92. The first-order chi connectivity index (χ1) is 7.31. The van der Waals surface area contributed by atoms with Gasteiger partial charge >= 0.3 is 0 Å². The highest BCUT2D eigenvalue weighted by molar-refractivity contribution is 5.97. The number of Topliss-reactive ketones (excluding diaryl/α,β-unsaturated/α-hetero) is 1. The van der Waals surface area contributed by atoms with Crippen LogP contribution in [0.3, 0.4) is 0 Å². The third-order valence-electron chi connectivity index (χ3n) is 3.06. The molecule has 1 saturated carbocycles. The quantitative estimate of drug-likeness (QED) is 0.705. The number of carbonyl (C=O) groups excluding carboxylic acids is 1. The predicted molar refractivity (Wildman–Crippen MR) is 59.2 cm³/mol. The molecule has 0 aliphatic heterocycles. The molecule has 1 aromatic rings. The van der Waals surface area contributed by atoms with Crippen molar-refractivity contribution in [3.8, 4) is 0 Å². The van der Waals surface area contributed by atoms with Crippen molar-refractivity contribution in [2.45, 2.75) is 25.2 Å². The Morgan fingerprint density at radius 1 is 1.47 bits per heavy atom. The molecule has 15 heavy (non-hydrogen) atoms. The summed E-state index contributed by atoms with van der Waals surface area (Å²) in [4.78, 5) is 11.6. The molecule has 0 aromatic heterocycles. The Kier molecular flexibility index (Phi) is 3.17. The molecule has 0 unspecified atom stereocenters. The van der Waals surface area contributed by atoms with E-state index in [2.05, 4.69) is 6.07 Å². The van der Waals surface area contributed by atoms with Crippen molar-refractivity contribution in [3.05, 3.63) is 35.4 Å². The first-order valence-corrected chi connectivity index (χ1v) is 5.43. The zero-order chi connectivity index (χ0) is 10.7. The van der Waals surface area contributed by atoms with Crippen LogP contribution in [0.5, 0.6) is 0 Å². The van der Waals surface area contributed by atoms with Gasteiger partial charge in [0.25, 0.3) is 0 Å². The zero-order valence-electron chi connectivity index (χ0n) is 9.03.